The van der Waals surface area contributed by atoms with Crippen LogP contribution < -0.4 is 125 Å². The summed E-state index contributed by atoms with van der Waals surface area (Å²) < 4.78 is 14.3. The fourth-order valence-corrected chi connectivity index (χ4v) is 4.24. The SMILES string of the molecule is CC[C@H](C)[C@@H]1C[C@@H](OC(C)=O)[C@H](n2c(=O)n(CCSC)c3c(=O)[nH]c(NC(C)=O)nc32)O1.CO.O=CO[O-].[H-].[K+].[K+]. The molecule has 4 atom stereocenters. The van der Waals surface area contributed by atoms with Crippen molar-refractivity contribution in [2.24, 2.45) is 5.92 Å². The third-order valence-electron chi connectivity index (χ3n) is 5.61. The molecule has 1 fully saturated rings. The molecule has 40 heavy (non-hydrogen) atoms. The number of rotatable bonds is 9. The van der Waals surface area contributed by atoms with Crippen molar-refractivity contribution in [3.8, 4) is 0 Å². The number of ether oxygens (including phenoxy) is 2. The molecule has 18 heteroatoms. The molecule has 3 heterocycles. The summed E-state index contributed by atoms with van der Waals surface area (Å²) in [6.45, 7) is 6.75. The zero-order chi connectivity index (χ0) is 29.0. The van der Waals surface area contributed by atoms with E-state index in [-0.39, 0.29) is 146 Å². The van der Waals surface area contributed by atoms with Gasteiger partial charge in [-0.05, 0) is 12.2 Å². The van der Waals surface area contributed by atoms with E-state index < -0.39 is 35.5 Å². The molecule has 0 aromatic carbocycles. The number of aliphatic hydroxyl groups is 1. The molecule has 1 aliphatic heterocycles. The van der Waals surface area contributed by atoms with E-state index in [0.29, 0.717) is 12.2 Å². The second kappa shape index (κ2) is 21.7. The number of esters is 1. The summed E-state index contributed by atoms with van der Waals surface area (Å²) >= 11 is 1.53. The van der Waals surface area contributed by atoms with Crippen molar-refractivity contribution >= 4 is 47.2 Å². The van der Waals surface area contributed by atoms with Crippen LogP contribution in [0, 0.1) is 5.92 Å². The molecule has 0 saturated carbocycles. The van der Waals surface area contributed by atoms with Crippen LogP contribution in [-0.4, -0.2) is 73.9 Å². The fraction of sp³-hybridized carbons (Fsp3) is 0.636. The fourth-order valence-electron chi connectivity index (χ4n) is 3.87. The minimum absolute atomic E-state index is 0. The molecule has 15 nitrogen and oxygen atoms in total. The Hall–Kier alpha value is 0.0627. The van der Waals surface area contributed by atoms with Gasteiger partial charge in [0.25, 0.3) is 12.0 Å². The van der Waals surface area contributed by atoms with E-state index in [1.54, 1.807) is 0 Å². The molecular weight excluding hydrogens is 605 g/mol. The number of anilines is 1. The first kappa shape index (κ1) is 42.2. The Morgan fingerprint density at radius 3 is 2.42 bits per heavy atom. The molecule has 3 rings (SSSR count). The number of fused-ring (bicyclic) bond motifs is 1. The average molecular weight is 640 g/mol. The van der Waals surface area contributed by atoms with Gasteiger partial charge in [0.15, 0.2) is 17.4 Å². The number of imidazole rings is 1. The first-order valence-electron chi connectivity index (χ1n) is 11.6. The topological polar surface area (TPSA) is 207 Å². The van der Waals surface area contributed by atoms with Crippen LogP contribution in [0.2, 0.25) is 0 Å². The van der Waals surface area contributed by atoms with Crippen molar-refractivity contribution in [3.05, 3.63) is 20.8 Å². The van der Waals surface area contributed by atoms with Gasteiger partial charge in [-0.25, -0.2) is 9.36 Å². The summed E-state index contributed by atoms with van der Waals surface area (Å²) in [5.41, 5.74) is -0.902. The maximum Gasteiger partial charge on any atom is 1.00 e. The quantitative estimate of drug-likeness (QED) is 0.0770. The number of hydrogen-bond donors (Lipinski definition) is 3. The molecule has 1 amide bonds. The molecule has 0 bridgehead atoms. The summed E-state index contributed by atoms with van der Waals surface area (Å²) in [6, 6.07) is 0. The first-order chi connectivity index (χ1) is 18.1. The summed E-state index contributed by atoms with van der Waals surface area (Å²) in [6.07, 6.45) is 1.28. The molecule has 3 N–H and O–H groups in total. The third kappa shape index (κ3) is 11.6. The summed E-state index contributed by atoms with van der Waals surface area (Å²) in [5, 5.41) is 17.9. The van der Waals surface area contributed by atoms with Crippen molar-refractivity contribution in [2.75, 3.05) is 24.4 Å². The van der Waals surface area contributed by atoms with E-state index in [0.717, 1.165) is 13.5 Å². The molecule has 2 aromatic heterocycles. The maximum atomic E-state index is 13.5. The van der Waals surface area contributed by atoms with Gasteiger partial charge in [0.1, 0.15) is 6.10 Å². The van der Waals surface area contributed by atoms with Crippen molar-refractivity contribution in [1.82, 2.24) is 19.1 Å². The van der Waals surface area contributed by atoms with Gasteiger partial charge in [0.05, 0.1) is 6.10 Å². The largest absolute Gasteiger partial charge is 1.00 e. The van der Waals surface area contributed by atoms with Gasteiger partial charge in [-0.1, -0.05) is 20.3 Å². The zero-order valence-corrected chi connectivity index (χ0v) is 31.1. The number of aromatic amines is 1. The van der Waals surface area contributed by atoms with E-state index in [1.807, 2.05) is 20.1 Å². The van der Waals surface area contributed by atoms with Gasteiger partial charge in [0, 0.05) is 39.7 Å². The van der Waals surface area contributed by atoms with Crippen molar-refractivity contribution in [1.29, 1.82) is 0 Å². The van der Waals surface area contributed by atoms with Crippen LogP contribution in [0.25, 0.3) is 11.2 Å². The van der Waals surface area contributed by atoms with Crippen LogP contribution in [-0.2, 0) is 35.3 Å². The number of aromatic nitrogens is 4. The Balaban J connectivity index is -0.00000148. The minimum Gasteiger partial charge on any atom is -1.00 e. The van der Waals surface area contributed by atoms with Crippen LogP contribution in [0.1, 0.15) is 48.2 Å². The van der Waals surface area contributed by atoms with Gasteiger partial charge >= 0.3 is 114 Å². The summed E-state index contributed by atoms with van der Waals surface area (Å²) in [5.74, 6) is -0.219. The van der Waals surface area contributed by atoms with Crippen LogP contribution in [0.4, 0.5) is 5.95 Å². The molecule has 0 unspecified atom stereocenters. The Labute approximate surface area is 321 Å². The van der Waals surface area contributed by atoms with E-state index in [4.69, 9.17) is 24.6 Å². The van der Waals surface area contributed by atoms with Crippen molar-refractivity contribution in [3.63, 3.8) is 0 Å². The van der Waals surface area contributed by atoms with Crippen LogP contribution in [0.3, 0.4) is 0 Å². The molecule has 1 aliphatic rings. The summed E-state index contributed by atoms with van der Waals surface area (Å²) in [4.78, 5) is 67.7. The summed E-state index contributed by atoms with van der Waals surface area (Å²) in [7, 11) is 1.00. The van der Waals surface area contributed by atoms with Gasteiger partial charge < -0.3 is 26.2 Å². The molecule has 0 radical (unpaired) electrons. The molecule has 0 spiro atoms. The molecule has 0 aliphatic carbocycles. The Bertz CT molecular complexity index is 1210. The molecule has 2 aromatic rings. The van der Waals surface area contributed by atoms with E-state index in [9.17, 15) is 19.2 Å². The monoisotopic (exact) mass is 639 g/mol. The van der Waals surface area contributed by atoms with Crippen molar-refractivity contribution in [2.45, 2.75) is 65.5 Å². The average Bonchev–Trinajstić information content (AvgIpc) is 3.40. The third-order valence-corrected chi connectivity index (χ3v) is 6.20. The number of amides is 1. The second-order valence-electron chi connectivity index (χ2n) is 8.09. The van der Waals surface area contributed by atoms with Gasteiger partial charge in [-0.15, -0.1) is 0 Å². The first-order valence-corrected chi connectivity index (χ1v) is 13.0. The second-order valence-corrected chi connectivity index (χ2v) is 9.08. The molecular formula is C22H35K2N5O10S. The number of carbonyl (C=O) groups is 3. The number of aryl methyl sites for hydroxylation is 1. The number of thioether (sulfide) groups is 1. The molecule has 1 saturated heterocycles. The van der Waals surface area contributed by atoms with Crippen molar-refractivity contribution < 1.29 is 143 Å². The number of nitrogens with zero attached hydrogens (tertiary/aromatic N) is 3. The maximum absolute atomic E-state index is 13.5. The Morgan fingerprint density at radius 1 is 1.35 bits per heavy atom. The standard InChI is InChI=1S/C20H29N5O6S.CH2O3.CH4O.2K.H/c1-6-10(2)13-9-14(30-12(4)27)18(31-13)25-16-15(24(20(25)29)7-8-32-5)17(28)23-19(22-16)21-11(3)26;2-1-4-3;1-2;;;/h10,13-14,18H,6-9H2,1-5H3,(H2,21,22,23,26,28);1,3H;2H,1H3;;;/q;;;2*+1;-1/p-1/t10-,13-,14+,18+;;;;;/m0...../s1. The van der Waals surface area contributed by atoms with Crippen LogP contribution in [0.5, 0.6) is 0 Å². The Morgan fingerprint density at radius 2 is 1.95 bits per heavy atom. The van der Waals surface area contributed by atoms with Crippen LogP contribution in [0.15, 0.2) is 9.59 Å². The Kier molecular flexibility index (Phi) is 22.9. The smallest absolute Gasteiger partial charge is 1.00 e. The number of carbonyl (C=O) groups excluding carboxylic acids is 3. The zero-order valence-electron chi connectivity index (χ0n) is 25.1. The number of nitrogens with one attached hydrogen (secondary N) is 2. The predicted molar refractivity (Wildman–Crippen MR) is 137 cm³/mol. The molecule has 216 valence electrons. The number of aliphatic hydroxyl groups excluding tert-OH is 1. The number of hydrogen-bond acceptors (Lipinski definition) is 12. The minimum atomic E-state index is -0.942. The predicted octanol–water partition coefficient (Wildman–Crippen LogP) is -6.36. The van der Waals surface area contributed by atoms with Gasteiger partial charge in [-0.2, -0.15) is 16.7 Å². The van der Waals surface area contributed by atoms with E-state index in [1.165, 1.54) is 34.7 Å². The van der Waals surface area contributed by atoms with E-state index >= 15 is 0 Å². The number of H-pyrrole nitrogens is 1. The van der Waals surface area contributed by atoms with Gasteiger partial charge in [-0.3, -0.25) is 34.0 Å². The van der Waals surface area contributed by atoms with E-state index in [2.05, 4.69) is 20.2 Å². The van der Waals surface area contributed by atoms with Crippen LogP contribution >= 0.6 is 11.8 Å². The normalized spacial score (nSPS) is 17.9. The van der Waals surface area contributed by atoms with Gasteiger partial charge in [0.2, 0.25) is 11.9 Å².